The molecule has 0 aliphatic heterocycles. The van der Waals surface area contributed by atoms with Gasteiger partial charge >= 0.3 is 6.61 Å². The zero-order valence-corrected chi connectivity index (χ0v) is 10.3. The van der Waals surface area contributed by atoms with E-state index in [9.17, 15) is 17.2 Å². The maximum atomic E-state index is 12.1. The van der Waals surface area contributed by atoms with Crippen LogP contribution in [0.2, 0.25) is 0 Å². The number of ether oxygens (including phenoxy) is 1. The fraction of sp³-hybridized carbons (Fsp3) is 0.222. The van der Waals surface area contributed by atoms with Crippen LogP contribution < -0.4 is 10.5 Å². The van der Waals surface area contributed by atoms with Crippen molar-refractivity contribution in [3.63, 3.8) is 0 Å². The van der Waals surface area contributed by atoms with Gasteiger partial charge in [-0.3, -0.25) is 0 Å². The van der Waals surface area contributed by atoms with Crippen molar-refractivity contribution in [2.75, 3.05) is 0 Å². The molecule has 0 bridgehead atoms. The van der Waals surface area contributed by atoms with Crippen LogP contribution in [0.4, 0.5) is 8.78 Å². The van der Waals surface area contributed by atoms with Gasteiger partial charge in [0.15, 0.2) is 0 Å². The quantitative estimate of drug-likeness (QED) is 0.851. The van der Waals surface area contributed by atoms with Gasteiger partial charge < -0.3 is 10.5 Å². The van der Waals surface area contributed by atoms with Gasteiger partial charge in [-0.25, -0.2) is 8.42 Å². The highest BCUT2D eigenvalue weighted by Gasteiger charge is 2.24. The summed E-state index contributed by atoms with van der Waals surface area (Å²) in [5.74, 6) is -0.566. The third-order valence-corrected chi connectivity index (χ3v) is 3.41. The number of alkyl halides is 2. The molecule has 0 aromatic heterocycles. The van der Waals surface area contributed by atoms with Gasteiger partial charge in [0.1, 0.15) is 22.3 Å². The molecule has 18 heavy (non-hydrogen) atoms. The number of hydrogen-bond donors (Lipinski definition) is 1. The second-order valence-corrected chi connectivity index (χ2v) is 5.56. The van der Waals surface area contributed by atoms with E-state index in [0.717, 1.165) is 12.1 Å². The Morgan fingerprint density at radius 2 is 2.11 bits per heavy atom. The second-order valence-electron chi connectivity index (χ2n) is 3.06. The lowest BCUT2D eigenvalue weighted by molar-refractivity contribution is -0.0502. The van der Waals surface area contributed by atoms with Crippen molar-refractivity contribution in [3.05, 3.63) is 23.3 Å². The van der Waals surface area contributed by atoms with Crippen LogP contribution in [0, 0.1) is 11.3 Å². The maximum absolute atomic E-state index is 12.1. The van der Waals surface area contributed by atoms with Crippen LogP contribution in [-0.4, -0.2) is 15.0 Å². The van der Waals surface area contributed by atoms with Crippen molar-refractivity contribution in [3.8, 4) is 11.8 Å². The van der Waals surface area contributed by atoms with Crippen molar-refractivity contribution in [2.45, 2.75) is 18.1 Å². The molecule has 0 atom stereocenters. The Hall–Kier alpha value is -1.43. The van der Waals surface area contributed by atoms with Crippen LogP contribution in [0.25, 0.3) is 0 Å². The minimum Gasteiger partial charge on any atom is -0.433 e. The van der Waals surface area contributed by atoms with E-state index >= 15 is 0 Å². The Kier molecular flexibility index (Phi) is 4.45. The fourth-order valence-electron chi connectivity index (χ4n) is 1.35. The van der Waals surface area contributed by atoms with E-state index < -0.39 is 31.9 Å². The molecule has 1 aromatic rings. The highest BCUT2D eigenvalue weighted by atomic mass is 35.7. The Bertz CT molecular complexity index is 599. The van der Waals surface area contributed by atoms with E-state index in [-0.39, 0.29) is 12.1 Å². The molecule has 0 unspecified atom stereocenters. The highest BCUT2D eigenvalue weighted by Crippen LogP contribution is 2.31. The Balaban J connectivity index is 3.59. The van der Waals surface area contributed by atoms with Gasteiger partial charge in [0.05, 0.1) is 0 Å². The van der Waals surface area contributed by atoms with Crippen molar-refractivity contribution < 1.29 is 21.9 Å². The molecule has 0 amide bonds. The number of rotatable bonds is 4. The van der Waals surface area contributed by atoms with Gasteiger partial charge in [0.25, 0.3) is 9.05 Å². The predicted octanol–water partition coefficient (Wildman–Crippen LogP) is 1.55. The van der Waals surface area contributed by atoms with Gasteiger partial charge in [-0.05, 0) is 11.6 Å². The van der Waals surface area contributed by atoms with Crippen LogP contribution in [0.1, 0.15) is 11.1 Å². The minimum absolute atomic E-state index is 0.0446. The molecule has 0 aliphatic rings. The normalized spacial score (nSPS) is 11.3. The van der Waals surface area contributed by atoms with E-state index in [0.29, 0.717) is 0 Å². The molecule has 98 valence electrons. The molecule has 1 rings (SSSR count). The average molecular weight is 297 g/mol. The molecule has 0 saturated carbocycles. The molecule has 0 spiro atoms. The average Bonchev–Trinajstić information content (AvgIpc) is 2.26. The second kappa shape index (κ2) is 5.48. The number of nitrogens with two attached hydrogens (primary N) is 1. The number of benzene rings is 1. The predicted molar refractivity (Wildman–Crippen MR) is 58.7 cm³/mol. The van der Waals surface area contributed by atoms with Gasteiger partial charge in [-0.15, -0.1) is 0 Å². The third-order valence-electron chi connectivity index (χ3n) is 1.99. The molecule has 0 radical (unpaired) electrons. The molecule has 0 aliphatic carbocycles. The van der Waals surface area contributed by atoms with Gasteiger partial charge in [0, 0.05) is 17.2 Å². The lowest BCUT2D eigenvalue weighted by Crippen LogP contribution is -2.10. The van der Waals surface area contributed by atoms with Gasteiger partial charge in [-0.1, -0.05) is 6.07 Å². The molecule has 1 aromatic carbocycles. The van der Waals surface area contributed by atoms with Crippen LogP contribution in [-0.2, 0) is 15.6 Å². The van der Waals surface area contributed by atoms with Crippen LogP contribution in [0.15, 0.2) is 17.0 Å². The van der Waals surface area contributed by atoms with Gasteiger partial charge in [0.2, 0.25) is 0 Å². The zero-order valence-electron chi connectivity index (χ0n) is 8.73. The molecule has 9 heteroatoms. The summed E-state index contributed by atoms with van der Waals surface area (Å²) in [6, 6.07) is 3.67. The fourth-order valence-corrected chi connectivity index (χ4v) is 2.73. The summed E-state index contributed by atoms with van der Waals surface area (Å²) in [5, 5.41) is 8.86. The monoisotopic (exact) mass is 296 g/mol. The summed E-state index contributed by atoms with van der Waals surface area (Å²) in [6.07, 6.45) is 0. The Labute approximate surface area is 106 Å². The number of nitrogens with zero attached hydrogens (tertiary/aromatic N) is 1. The molecule has 5 nitrogen and oxygen atoms in total. The number of hydrogen-bond acceptors (Lipinski definition) is 5. The lowest BCUT2D eigenvalue weighted by atomic mass is 10.1. The SMILES string of the molecule is N#Cc1c(OC(F)F)ccc(CN)c1S(=O)(=O)Cl. The first-order valence-corrected chi connectivity index (χ1v) is 6.77. The van der Waals surface area contributed by atoms with Gasteiger partial charge in [-0.2, -0.15) is 14.0 Å². The molecular formula is C9H7ClF2N2O3S. The summed E-state index contributed by atoms with van der Waals surface area (Å²) in [6.45, 7) is -3.41. The number of halogens is 3. The first-order chi connectivity index (χ1) is 8.31. The summed E-state index contributed by atoms with van der Waals surface area (Å²) >= 11 is 0. The molecule has 0 heterocycles. The largest absolute Gasteiger partial charge is 0.433 e. The molecule has 0 fully saturated rings. The third kappa shape index (κ3) is 3.07. The van der Waals surface area contributed by atoms with Crippen molar-refractivity contribution in [2.24, 2.45) is 5.73 Å². The van der Waals surface area contributed by atoms with E-state index in [1.54, 1.807) is 0 Å². The minimum atomic E-state index is -4.30. The summed E-state index contributed by atoms with van der Waals surface area (Å²) in [4.78, 5) is -0.604. The van der Waals surface area contributed by atoms with E-state index in [1.807, 2.05) is 0 Å². The molecule has 0 saturated heterocycles. The topological polar surface area (TPSA) is 93.2 Å². The first kappa shape index (κ1) is 14.6. The van der Waals surface area contributed by atoms with E-state index in [2.05, 4.69) is 4.74 Å². The Morgan fingerprint density at radius 1 is 1.50 bits per heavy atom. The maximum Gasteiger partial charge on any atom is 0.387 e. The highest BCUT2D eigenvalue weighted by molar-refractivity contribution is 8.13. The number of nitriles is 1. The van der Waals surface area contributed by atoms with Crippen molar-refractivity contribution in [1.29, 1.82) is 5.26 Å². The smallest absolute Gasteiger partial charge is 0.387 e. The van der Waals surface area contributed by atoms with Crippen LogP contribution >= 0.6 is 10.7 Å². The molecular weight excluding hydrogens is 290 g/mol. The van der Waals surface area contributed by atoms with E-state index in [4.69, 9.17) is 21.7 Å². The van der Waals surface area contributed by atoms with Crippen molar-refractivity contribution in [1.82, 2.24) is 0 Å². The van der Waals surface area contributed by atoms with Crippen LogP contribution in [0.3, 0.4) is 0 Å². The summed E-state index contributed by atoms with van der Waals surface area (Å²) < 4.78 is 51.0. The Morgan fingerprint density at radius 3 is 2.50 bits per heavy atom. The standard InChI is InChI=1S/C9H7ClF2N2O3S/c10-18(15,16)8-5(3-13)1-2-7(6(8)4-14)17-9(11)12/h1-2,9H,3,13H2. The lowest BCUT2D eigenvalue weighted by Gasteiger charge is -2.11. The van der Waals surface area contributed by atoms with Crippen LogP contribution in [0.5, 0.6) is 5.75 Å². The summed E-state index contributed by atoms with van der Waals surface area (Å²) in [5.41, 5.74) is 4.76. The zero-order chi connectivity index (χ0) is 13.9. The van der Waals surface area contributed by atoms with E-state index in [1.165, 1.54) is 6.07 Å². The summed E-state index contributed by atoms with van der Waals surface area (Å²) in [7, 11) is 0.856. The molecule has 2 N–H and O–H groups in total. The van der Waals surface area contributed by atoms with Crippen molar-refractivity contribution >= 4 is 19.7 Å². The first-order valence-electron chi connectivity index (χ1n) is 4.46.